The molecule has 1 N–H and O–H groups in total. The molecule has 2 rings (SSSR count). The van der Waals surface area contributed by atoms with Gasteiger partial charge in [-0.15, -0.1) is 0 Å². The third kappa shape index (κ3) is 4.36. The first-order chi connectivity index (χ1) is 9.56. The molecule has 1 heterocycles. The van der Waals surface area contributed by atoms with Crippen molar-refractivity contribution >= 4 is 33.4 Å². The van der Waals surface area contributed by atoms with Gasteiger partial charge < -0.3 is 14.8 Å². The van der Waals surface area contributed by atoms with Crippen LogP contribution < -0.4 is 10.1 Å². The van der Waals surface area contributed by atoms with Crippen LogP contribution in [0.4, 0.5) is 0 Å². The van der Waals surface area contributed by atoms with Crippen molar-refractivity contribution in [2.75, 3.05) is 13.2 Å². The molecule has 6 heteroatoms. The predicted molar refractivity (Wildman–Crippen MR) is 81.2 cm³/mol. The second kappa shape index (κ2) is 7.29. The summed E-state index contributed by atoms with van der Waals surface area (Å²) in [5, 5.41) is 3.35. The van der Waals surface area contributed by atoms with E-state index in [9.17, 15) is 4.79 Å². The number of amides is 1. The number of rotatable bonds is 5. The first kappa shape index (κ1) is 15.6. The van der Waals surface area contributed by atoms with Crippen molar-refractivity contribution in [3.63, 3.8) is 0 Å². The zero-order chi connectivity index (χ0) is 14.5. The number of benzene rings is 1. The van der Waals surface area contributed by atoms with Gasteiger partial charge in [-0.25, -0.2) is 0 Å². The Morgan fingerprint density at radius 1 is 1.65 bits per heavy atom. The van der Waals surface area contributed by atoms with Gasteiger partial charge in [0.2, 0.25) is 0 Å². The van der Waals surface area contributed by atoms with E-state index in [4.69, 9.17) is 21.1 Å². The van der Waals surface area contributed by atoms with Gasteiger partial charge >= 0.3 is 0 Å². The summed E-state index contributed by atoms with van der Waals surface area (Å²) < 4.78 is 11.8. The Kier molecular flexibility index (Phi) is 5.69. The lowest BCUT2D eigenvalue weighted by Gasteiger charge is -2.20. The number of hydrogen-bond donors (Lipinski definition) is 1. The summed E-state index contributed by atoms with van der Waals surface area (Å²) >= 11 is 9.33. The molecule has 2 unspecified atom stereocenters. The van der Waals surface area contributed by atoms with E-state index in [2.05, 4.69) is 21.2 Å². The lowest BCUT2D eigenvalue weighted by Crippen LogP contribution is -2.42. The summed E-state index contributed by atoms with van der Waals surface area (Å²) in [7, 11) is 0. The number of carbonyl (C=O) groups excluding carboxylic acids is 1. The van der Waals surface area contributed by atoms with Crippen molar-refractivity contribution in [2.24, 2.45) is 0 Å². The Morgan fingerprint density at radius 3 is 3.10 bits per heavy atom. The first-order valence-corrected chi connectivity index (χ1v) is 7.72. The predicted octanol–water partition coefficient (Wildman–Crippen LogP) is 3.17. The van der Waals surface area contributed by atoms with E-state index in [1.54, 1.807) is 12.1 Å². The number of carbonyl (C=O) groups is 1. The van der Waals surface area contributed by atoms with Crippen molar-refractivity contribution in [3.05, 3.63) is 27.7 Å². The Hall–Kier alpha value is -0.780. The highest BCUT2D eigenvalue weighted by Gasteiger charge is 2.23. The molecule has 110 valence electrons. The summed E-state index contributed by atoms with van der Waals surface area (Å²) in [6, 6.07) is 5.26. The molecule has 2 atom stereocenters. The zero-order valence-corrected chi connectivity index (χ0v) is 13.5. The SMILES string of the molecule is CC(NC(=O)COc1ccc(Br)cc1Cl)C1CCCO1. The topological polar surface area (TPSA) is 47.6 Å². The van der Waals surface area contributed by atoms with Crippen molar-refractivity contribution in [1.29, 1.82) is 0 Å². The average molecular weight is 363 g/mol. The molecule has 20 heavy (non-hydrogen) atoms. The monoisotopic (exact) mass is 361 g/mol. The highest BCUT2D eigenvalue weighted by Crippen LogP contribution is 2.27. The molecule has 0 bridgehead atoms. The van der Waals surface area contributed by atoms with E-state index in [0.717, 1.165) is 23.9 Å². The third-order valence-electron chi connectivity index (χ3n) is 3.16. The van der Waals surface area contributed by atoms with Crippen molar-refractivity contribution in [1.82, 2.24) is 5.32 Å². The number of nitrogens with one attached hydrogen (secondary N) is 1. The summed E-state index contributed by atoms with van der Waals surface area (Å²) in [5.41, 5.74) is 0. The van der Waals surface area contributed by atoms with Gasteiger partial charge in [0.05, 0.1) is 17.2 Å². The van der Waals surface area contributed by atoms with Crippen LogP contribution in [0.15, 0.2) is 22.7 Å². The molecule has 1 amide bonds. The molecular formula is C14H17BrClNO3. The highest BCUT2D eigenvalue weighted by atomic mass is 79.9. The average Bonchev–Trinajstić information content (AvgIpc) is 2.91. The van der Waals surface area contributed by atoms with Crippen LogP contribution in [0.1, 0.15) is 19.8 Å². The van der Waals surface area contributed by atoms with Crippen LogP contribution in [0.3, 0.4) is 0 Å². The maximum absolute atomic E-state index is 11.8. The Balaban J connectivity index is 1.79. The highest BCUT2D eigenvalue weighted by molar-refractivity contribution is 9.10. The quantitative estimate of drug-likeness (QED) is 0.875. The summed E-state index contributed by atoms with van der Waals surface area (Å²) in [4.78, 5) is 11.8. The second-order valence-electron chi connectivity index (χ2n) is 4.77. The van der Waals surface area contributed by atoms with Crippen LogP contribution in [-0.4, -0.2) is 31.3 Å². The van der Waals surface area contributed by atoms with E-state index >= 15 is 0 Å². The van der Waals surface area contributed by atoms with Gasteiger partial charge in [0.25, 0.3) is 5.91 Å². The molecule has 1 aliphatic rings. The Bertz CT molecular complexity index is 477. The largest absolute Gasteiger partial charge is 0.482 e. The van der Waals surface area contributed by atoms with E-state index in [0.29, 0.717) is 10.8 Å². The van der Waals surface area contributed by atoms with Crippen LogP contribution in [0, 0.1) is 0 Å². The lowest BCUT2D eigenvalue weighted by molar-refractivity contribution is -0.124. The molecule has 0 spiro atoms. The normalized spacial score (nSPS) is 19.6. The minimum atomic E-state index is -0.174. The number of hydrogen-bond acceptors (Lipinski definition) is 3. The molecule has 1 fully saturated rings. The molecule has 0 aromatic heterocycles. The molecule has 0 aliphatic carbocycles. The van der Waals surface area contributed by atoms with Gasteiger partial charge in [0, 0.05) is 11.1 Å². The van der Waals surface area contributed by atoms with Gasteiger partial charge in [0.15, 0.2) is 6.61 Å². The van der Waals surface area contributed by atoms with Gasteiger partial charge in [-0.2, -0.15) is 0 Å². The second-order valence-corrected chi connectivity index (χ2v) is 6.09. The summed E-state index contributed by atoms with van der Waals surface area (Å²) in [6.07, 6.45) is 2.15. The molecule has 1 aromatic rings. The summed E-state index contributed by atoms with van der Waals surface area (Å²) in [6.45, 7) is 2.66. The van der Waals surface area contributed by atoms with Gasteiger partial charge in [-0.05, 0) is 38.0 Å². The van der Waals surface area contributed by atoms with E-state index in [1.807, 2.05) is 13.0 Å². The fourth-order valence-electron chi connectivity index (χ4n) is 2.12. The maximum atomic E-state index is 11.8. The Morgan fingerprint density at radius 2 is 2.45 bits per heavy atom. The van der Waals surface area contributed by atoms with Crippen LogP contribution in [0.25, 0.3) is 0 Å². The molecule has 1 aromatic carbocycles. The smallest absolute Gasteiger partial charge is 0.258 e. The maximum Gasteiger partial charge on any atom is 0.258 e. The minimum Gasteiger partial charge on any atom is -0.482 e. The molecule has 0 saturated carbocycles. The van der Waals surface area contributed by atoms with Gasteiger partial charge in [0.1, 0.15) is 5.75 Å². The van der Waals surface area contributed by atoms with Crippen LogP contribution in [0.5, 0.6) is 5.75 Å². The number of halogens is 2. The fraction of sp³-hybridized carbons (Fsp3) is 0.500. The Labute approximate surface area is 131 Å². The van der Waals surface area contributed by atoms with Crippen LogP contribution in [0.2, 0.25) is 5.02 Å². The van der Waals surface area contributed by atoms with Crippen molar-refractivity contribution < 1.29 is 14.3 Å². The number of ether oxygens (including phenoxy) is 2. The van der Waals surface area contributed by atoms with Crippen molar-refractivity contribution in [2.45, 2.75) is 31.9 Å². The van der Waals surface area contributed by atoms with Crippen LogP contribution >= 0.6 is 27.5 Å². The van der Waals surface area contributed by atoms with Crippen LogP contribution in [-0.2, 0) is 9.53 Å². The van der Waals surface area contributed by atoms with Crippen molar-refractivity contribution in [3.8, 4) is 5.75 Å². The van der Waals surface area contributed by atoms with E-state index in [-0.39, 0.29) is 24.7 Å². The molecule has 1 saturated heterocycles. The minimum absolute atomic E-state index is 0.00557. The first-order valence-electron chi connectivity index (χ1n) is 6.55. The van der Waals surface area contributed by atoms with E-state index < -0.39 is 0 Å². The summed E-state index contributed by atoms with van der Waals surface area (Å²) in [5.74, 6) is 0.321. The molecule has 4 nitrogen and oxygen atoms in total. The molecular weight excluding hydrogens is 346 g/mol. The molecule has 0 radical (unpaired) electrons. The molecule has 1 aliphatic heterocycles. The fourth-order valence-corrected chi connectivity index (χ4v) is 2.85. The third-order valence-corrected chi connectivity index (χ3v) is 3.95. The van der Waals surface area contributed by atoms with Gasteiger partial charge in [-0.1, -0.05) is 27.5 Å². The van der Waals surface area contributed by atoms with Gasteiger partial charge in [-0.3, -0.25) is 4.79 Å². The standard InChI is InChI=1S/C14H17BrClNO3/c1-9(12-3-2-6-19-12)17-14(18)8-20-13-5-4-10(15)7-11(13)16/h4-5,7,9,12H,2-3,6,8H2,1H3,(H,17,18). The lowest BCUT2D eigenvalue weighted by atomic mass is 10.1. The van der Waals surface area contributed by atoms with E-state index in [1.165, 1.54) is 0 Å². The zero-order valence-electron chi connectivity index (χ0n) is 11.2.